The molecular formula is C13H15N3O3. The van der Waals surface area contributed by atoms with Gasteiger partial charge in [-0.2, -0.15) is 0 Å². The van der Waals surface area contributed by atoms with Crippen LogP contribution in [0.1, 0.15) is 22.3 Å². The molecule has 1 aromatic heterocycles. The molecule has 0 unspecified atom stereocenters. The molecule has 0 fully saturated rings. The fourth-order valence-corrected chi connectivity index (χ4v) is 1.29. The van der Waals surface area contributed by atoms with E-state index >= 15 is 0 Å². The zero-order valence-electron chi connectivity index (χ0n) is 10.6. The molecule has 0 aromatic carbocycles. The van der Waals surface area contributed by atoms with Gasteiger partial charge in [0, 0.05) is 38.0 Å². The number of amides is 2. The van der Waals surface area contributed by atoms with E-state index in [-0.39, 0.29) is 31.4 Å². The first kappa shape index (κ1) is 14.7. The Balaban J connectivity index is 2.59. The Hall–Kier alpha value is -2.39. The Labute approximate surface area is 111 Å². The van der Waals surface area contributed by atoms with Crippen molar-refractivity contribution >= 4 is 11.8 Å². The molecule has 2 amide bonds. The normalized spacial score (nSPS) is 9.16. The lowest BCUT2D eigenvalue weighted by atomic mass is 10.2. The van der Waals surface area contributed by atoms with E-state index < -0.39 is 0 Å². The van der Waals surface area contributed by atoms with Crippen molar-refractivity contribution in [2.24, 2.45) is 0 Å². The van der Waals surface area contributed by atoms with Crippen molar-refractivity contribution in [2.45, 2.75) is 6.42 Å². The van der Waals surface area contributed by atoms with Crippen LogP contribution in [0.3, 0.4) is 0 Å². The van der Waals surface area contributed by atoms with E-state index in [1.807, 2.05) is 0 Å². The van der Waals surface area contributed by atoms with E-state index in [2.05, 4.69) is 27.5 Å². The topological polar surface area (TPSA) is 91.3 Å². The van der Waals surface area contributed by atoms with Crippen molar-refractivity contribution in [3.63, 3.8) is 0 Å². The number of hydrogen-bond acceptors (Lipinski definition) is 4. The number of carbonyl (C=O) groups is 2. The van der Waals surface area contributed by atoms with E-state index in [0.717, 1.165) is 0 Å². The summed E-state index contributed by atoms with van der Waals surface area (Å²) < 4.78 is 0. The van der Waals surface area contributed by atoms with Gasteiger partial charge in [0.05, 0.1) is 5.56 Å². The summed E-state index contributed by atoms with van der Waals surface area (Å²) in [6.45, 7) is 0.00755. The van der Waals surface area contributed by atoms with Crippen LogP contribution in [0.2, 0.25) is 0 Å². The third-order valence-corrected chi connectivity index (χ3v) is 2.23. The molecule has 0 saturated carbocycles. The molecular weight excluding hydrogens is 246 g/mol. The first-order valence-electron chi connectivity index (χ1n) is 5.71. The number of aliphatic hydroxyl groups excluding tert-OH is 1. The largest absolute Gasteiger partial charge is 0.384 e. The van der Waals surface area contributed by atoms with Crippen molar-refractivity contribution in [3.05, 3.63) is 29.6 Å². The van der Waals surface area contributed by atoms with Crippen LogP contribution in [0.4, 0.5) is 0 Å². The number of carbonyl (C=O) groups excluding carboxylic acids is 2. The van der Waals surface area contributed by atoms with Gasteiger partial charge in [-0.3, -0.25) is 14.6 Å². The van der Waals surface area contributed by atoms with Crippen molar-refractivity contribution in [1.29, 1.82) is 0 Å². The van der Waals surface area contributed by atoms with Gasteiger partial charge in [0.25, 0.3) is 5.91 Å². The second-order valence-electron chi connectivity index (χ2n) is 3.60. The number of rotatable bonds is 4. The number of pyridine rings is 1. The molecule has 0 atom stereocenters. The van der Waals surface area contributed by atoms with Gasteiger partial charge in [-0.25, -0.2) is 0 Å². The van der Waals surface area contributed by atoms with Crippen LogP contribution in [0.5, 0.6) is 0 Å². The minimum atomic E-state index is -0.316. The van der Waals surface area contributed by atoms with Gasteiger partial charge in [0.2, 0.25) is 5.91 Å². The van der Waals surface area contributed by atoms with Crippen LogP contribution in [-0.4, -0.2) is 42.1 Å². The molecule has 6 nitrogen and oxygen atoms in total. The van der Waals surface area contributed by atoms with Crippen LogP contribution in [0, 0.1) is 11.8 Å². The molecule has 1 heterocycles. The fourth-order valence-electron chi connectivity index (χ4n) is 1.29. The van der Waals surface area contributed by atoms with E-state index in [1.54, 1.807) is 6.07 Å². The monoisotopic (exact) mass is 261 g/mol. The molecule has 3 N–H and O–H groups in total. The minimum absolute atomic E-state index is 0.138. The molecule has 0 spiro atoms. The van der Waals surface area contributed by atoms with E-state index in [9.17, 15) is 9.59 Å². The average Bonchev–Trinajstić information content (AvgIpc) is 2.45. The Morgan fingerprint density at radius 2 is 2.21 bits per heavy atom. The number of aliphatic hydroxyl groups is 1. The highest BCUT2D eigenvalue weighted by Gasteiger charge is 2.06. The first-order valence-corrected chi connectivity index (χ1v) is 5.71. The first-order chi connectivity index (χ1) is 9.17. The lowest BCUT2D eigenvalue weighted by Gasteiger charge is -2.04. The summed E-state index contributed by atoms with van der Waals surface area (Å²) in [4.78, 5) is 26.6. The van der Waals surface area contributed by atoms with E-state index in [0.29, 0.717) is 11.1 Å². The van der Waals surface area contributed by atoms with E-state index in [1.165, 1.54) is 19.4 Å². The summed E-state index contributed by atoms with van der Waals surface area (Å²) >= 11 is 0. The zero-order valence-corrected chi connectivity index (χ0v) is 10.6. The molecule has 0 bridgehead atoms. The maximum Gasteiger partial charge on any atom is 0.252 e. The quantitative estimate of drug-likeness (QED) is 0.624. The third kappa shape index (κ3) is 5.19. The van der Waals surface area contributed by atoms with Crippen LogP contribution in [-0.2, 0) is 4.79 Å². The summed E-state index contributed by atoms with van der Waals surface area (Å²) in [5, 5.41) is 13.7. The molecule has 6 heteroatoms. The summed E-state index contributed by atoms with van der Waals surface area (Å²) in [6, 6.07) is 1.57. The zero-order chi connectivity index (χ0) is 14.1. The van der Waals surface area contributed by atoms with Crippen LogP contribution >= 0.6 is 0 Å². The number of nitrogens with one attached hydrogen (secondary N) is 2. The third-order valence-electron chi connectivity index (χ3n) is 2.23. The molecule has 0 aliphatic carbocycles. The lowest BCUT2D eigenvalue weighted by Crippen LogP contribution is -2.29. The Kier molecular flexibility index (Phi) is 6.06. The molecule has 0 saturated heterocycles. The highest BCUT2D eigenvalue weighted by atomic mass is 16.2. The summed E-state index contributed by atoms with van der Waals surface area (Å²) in [5.41, 5.74) is 0.912. The predicted octanol–water partition coefficient (Wildman–Crippen LogP) is -0.709. The predicted molar refractivity (Wildman–Crippen MR) is 69.2 cm³/mol. The second-order valence-corrected chi connectivity index (χ2v) is 3.60. The maximum atomic E-state index is 11.8. The standard InChI is InChI=1S/C13H15N3O3/c1-14-12(18)4-5-16-13(19)11-7-10(3-2-6-17)8-15-9-11/h7-9,17H,4-6H2,1H3,(H,14,18)(H,16,19). The second kappa shape index (κ2) is 7.84. The molecule has 0 radical (unpaired) electrons. The van der Waals surface area contributed by atoms with Gasteiger partial charge in [-0.15, -0.1) is 0 Å². The Morgan fingerprint density at radius 3 is 2.89 bits per heavy atom. The number of nitrogens with zero attached hydrogens (tertiary/aromatic N) is 1. The van der Waals surface area contributed by atoms with Crippen LogP contribution in [0.25, 0.3) is 0 Å². The van der Waals surface area contributed by atoms with Gasteiger partial charge in [-0.05, 0) is 6.07 Å². The molecule has 0 aliphatic heterocycles. The summed E-state index contributed by atoms with van der Waals surface area (Å²) in [5.74, 6) is 4.69. The summed E-state index contributed by atoms with van der Waals surface area (Å²) in [7, 11) is 1.54. The van der Waals surface area contributed by atoms with Crippen molar-refractivity contribution in [1.82, 2.24) is 15.6 Å². The maximum absolute atomic E-state index is 11.8. The van der Waals surface area contributed by atoms with Crippen LogP contribution < -0.4 is 10.6 Å². The van der Waals surface area contributed by atoms with Gasteiger partial charge < -0.3 is 15.7 Å². The van der Waals surface area contributed by atoms with Gasteiger partial charge in [0.15, 0.2) is 0 Å². The Bertz CT molecular complexity index is 517. The van der Waals surface area contributed by atoms with Gasteiger partial charge >= 0.3 is 0 Å². The molecule has 1 rings (SSSR count). The average molecular weight is 261 g/mol. The fraction of sp³-hybridized carbons (Fsp3) is 0.308. The minimum Gasteiger partial charge on any atom is -0.384 e. The van der Waals surface area contributed by atoms with Crippen molar-refractivity contribution in [2.75, 3.05) is 20.2 Å². The molecule has 0 aliphatic rings. The summed E-state index contributed by atoms with van der Waals surface area (Å²) in [6.07, 6.45) is 3.14. The number of hydrogen-bond donors (Lipinski definition) is 3. The van der Waals surface area contributed by atoms with Crippen molar-refractivity contribution in [3.8, 4) is 11.8 Å². The number of aromatic nitrogens is 1. The molecule has 1 aromatic rings. The lowest BCUT2D eigenvalue weighted by molar-refractivity contribution is -0.120. The molecule has 19 heavy (non-hydrogen) atoms. The van der Waals surface area contributed by atoms with E-state index in [4.69, 9.17) is 5.11 Å². The smallest absolute Gasteiger partial charge is 0.252 e. The van der Waals surface area contributed by atoms with Gasteiger partial charge in [-0.1, -0.05) is 11.8 Å². The Morgan fingerprint density at radius 1 is 1.42 bits per heavy atom. The highest BCUT2D eigenvalue weighted by molar-refractivity contribution is 5.94. The van der Waals surface area contributed by atoms with Crippen LogP contribution in [0.15, 0.2) is 18.5 Å². The molecule has 100 valence electrons. The SMILES string of the molecule is CNC(=O)CCNC(=O)c1cncc(C#CCO)c1. The highest BCUT2D eigenvalue weighted by Crippen LogP contribution is 2.01. The van der Waals surface area contributed by atoms with Crippen molar-refractivity contribution < 1.29 is 14.7 Å². The van der Waals surface area contributed by atoms with Gasteiger partial charge in [0.1, 0.15) is 6.61 Å².